The molecule has 0 fully saturated rings. The van der Waals surface area contributed by atoms with Gasteiger partial charge < -0.3 is 10.4 Å². The Labute approximate surface area is 118 Å². The molecule has 0 aliphatic carbocycles. The van der Waals surface area contributed by atoms with E-state index in [0.29, 0.717) is 11.3 Å². The van der Waals surface area contributed by atoms with Crippen molar-refractivity contribution < 1.29 is 18.3 Å². The van der Waals surface area contributed by atoms with Crippen LogP contribution in [0.3, 0.4) is 0 Å². The normalized spacial score (nSPS) is 11.4. The van der Waals surface area contributed by atoms with E-state index in [2.05, 4.69) is 5.32 Å². The van der Waals surface area contributed by atoms with Gasteiger partial charge in [-0.1, -0.05) is 29.8 Å². The molecule has 0 amide bonds. The van der Waals surface area contributed by atoms with Crippen LogP contribution >= 0.6 is 11.6 Å². The Morgan fingerprint density at radius 1 is 1.10 bits per heavy atom. The third kappa shape index (κ3) is 3.36. The van der Waals surface area contributed by atoms with Crippen LogP contribution in [0.25, 0.3) is 0 Å². The van der Waals surface area contributed by atoms with Crippen molar-refractivity contribution in [2.45, 2.75) is 12.7 Å². The summed E-state index contributed by atoms with van der Waals surface area (Å²) in [6.45, 7) is 0.262. The van der Waals surface area contributed by atoms with E-state index in [9.17, 15) is 18.3 Å². The topological polar surface area (TPSA) is 32.3 Å². The number of halogens is 4. The van der Waals surface area contributed by atoms with Crippen LogP contribution in [0.15, 0.2) is 42.5 Å². The second kappa shape index (κ2) is 5.63. The highest BCUT2D eigenvalue weighted by molar-refractivity contribution is 6.33. The first-order chi connectivity index (χ1) is 9.38. The molecule has 2 aromatic carbocycles. The lowest BCUT2D eigenvalue weighted by Gasteiger charge is -2.12. The number of phenols is 1. The SMILES string of the molecule is Oc1ccccc1CNc1ccc(C(F)(F)F)cc1Cl. The molecule has 2 rings (SSSR count). The summed E-state index contributed by atoms with van der Waals surface area (Å²) >= 11 is 5.82. The van der Waals surface area contributed by atoms with Gasteiger partial charge in [-0.25, -0.2) is 0 Å². The van der Waals surface area contributed by atoms with Crippen molar-refractivity contribution >= 4 is 17.3 Å². The van der Waals surface area contributed by atoms with Gasteiger partial charge in [0.2, 0.25) is 0 Å². The van der Waals surface area contributed by atoms with Gasteiger partial charge in [-0.2, -0.15) is 13.2 Å². The summed E-state index contributed by atoms with van der Waals surface area (Å²) in [4.78, 5) is 0. The second-order valence-corrected chi connectivity index (χ2v) is 4.58. The van der Waals surface area contributed by atoms with E-state index in [1.807, 2.05) is 0 Å². The summed E-state index contributed by atoms with van der Waals surface area (Å²) in [7, 11) is 0. The van der Waals surface area contributed by atoms with Gasteiger partial charge in [0.05, 0.1) is 16.3 Å². The molecule has 0 spiro atoms. The Kier molecular flexibility index (Phi) is 4.09. The number of nitrogens with one attached hydrogen (secondary N) is 1. The van der Waals surface area contributed by atoms with E-state index in [1.54, 1.807) is 18.2 Å². The van der Waals surface area contributed by atoms with E-state index in [0.717, 1.165) is 12.1 Å². The average molecular weight is 302 g/mol. The van der Waals surface area contributed by atoms with Gasteiger partial charge in [-0.3, -0.25) is 0 Å². The quantitative estimate of drug-likeness (QED) is 0.863. The van der Waals surface area contributed by atoms with Gasteiger partial charge >= 0.3 is 6.18 Å². The third-order valence-electron chi connectivity index (χ3n) is 2.76. The maximum absolute atomic E-state index is 12.5. The molecule has 0 heterocycles. The number of phenolic OH excluding ortho intramolecular Hbond substituents is 1. The maximum atomic E-state index is 12.5. The molecule has 0 bridgehead atoms. The van der Waals surface area contributed by atoms with E-state index >= 15 is 0 Å². The number of hydrogen-bond donors (Lipinski definition) is 2. The van der Waals surface area contributed by atoms with E-state index in [4.69, 9.17) is 11.6 Å². The van der Waals surface area contributed by atoms with Gasteiger partial charge in [0.1, 0.15) is 5.75 Å². The molecule has 106 valence electrons. The Morgan fingerprint density at radius 2 is 1.80 bits per heavy atom. The van der Waals surface area contributed by atoms with Crippen LogP contribution in [0.4, 0.5) is 18.9 Å². The molecular weight excluding hydrogens is 291 g/mol. The number of alkyl halides is 3. The molecule has 6 heteroatoms. The molecule has 2 aromatic rings. The fourth-order valence-electron chi connectivity index (χ4n) is 1.69. The number of anilines is 1. The van der Waals surface area contributed by atoms with E-state index in [1.165, 1.54) is 12.1 Å². The first-order valence-corrected chi connectivity index (χ1v) is 6.13. The summed E-state index contributed by atoms with van der Waals surface area (Å²) in [5, 5.41) is 12.5. The Bertz CT molecular complexity index is 614. The van der Waals surface area contributed by atoms with Crippen molar-refractivity contribution in [3.05, 3.63) is 58.6 Å². The van der Waals surface area contributed by atoms with Crippen LogP contribution < -0.4 is 5.32 Å². The summed E-state index contributed by atoms with van der Waals surface area (Å²) in [5.74, 6) is 0.114. The largest absolute Gasteiger partial charge is 0.508 e. The van der Waals surface area contributed by atoms with Crippen LogP contribution in [0.5, 0.6) is 5.75 Å². The van der Waals surface area contributed by atoms with Crippen LogP contribution in [0, 0.1) is 0 Å². The molecule has 0 unspecified atom stereocenters. The van der Waals surface area contributed by atoms with Crippen molar-refractivity contribution in [3.8, 4) is 5.75 Å². The van der Waals surface area contributed by atoms with Gasteiger partial charge in [-0.05, 0) is 24.3 Å². The monoisotopic (exact) mass is 301 g/mol. The Morgan fingerprint density at radius 3 is 2.40 bits per heavy atom. The molecule has 0 saturated carbocycles. The van der Waals surface area contributed by atoms with Gasteiger partial charge in [0.15, 0.2) is 0 Å². The zero-order valence-electron chi connectivity index (χ0n) is 10.2. The van der Waals surface area contributed by atoms with Crippen LogP contribution in [-0.2, 0) is 12.7 Å². The molecular formula is C14H11ClF3NO. The highest BCUT2D eigenvalue weighted by Crippen LogP contribution is 2.34. The average Bonchev–Trinajstić information content (AvgIpc) is 2.38. The minimum absolute atomic E-state index is 0.0183. The lowest BCUT2D eigenvalue weighted by Crippen LogP contribution is -2.06. The molecule has 2 nitrogen and oxygen atoms in total. The minimum Gasteiger partial charge on any atom is -0.508 e. The van der Waals surface area contributed by atoms with Gasteiger partial charge in [0.25, 0.3) is 0 Å². The number of para-hydroxylation sites is 1. The third-order valence-corrected chi connectivity index (χ3v) is 3.07. The van der Waals surface area contributed by atoms with Crippen molar-refractivity contribution in [1.82, 2.24) is 0 Å². The number of hydrogen-bond acceptors (Lipinski definition) is 2. The Hall–Kier alpha value is -1.88. The van der Waals surface area contributed by atoms with Crippen molar-refractivity contribution in [1.29, 1.82) is 0 Å². The highest BCUT2D eigenvalue weighted by Gasteiger charge is 2.30. The summed E-state index contributed by atoms with van der Waals surface area (Å²) in [6, 6.07) is 9.78. The Balaban J connectivity index is 2.13. The smallest absolute Gasteiger partial charge is 0.416 e. The maximum Gasteiger partial charge on any atom is 0.416 e. The first-order valence-electron chi connectivity index (χ1n) is 5.75. The van der Waals surface area contributed by atoms with Crippen molar-refractivity contribution in [2.24, 2.45) is 0 Å². The molecule has 0 atom stereocenters. The molecule has 0 aromatic heterocycles. The fraction of sp³-hybridized carbons (Fsp3) is 0.143. The van der Waals surface area contributed by atoms with Crippen LogP contribution in [0.1, 0.15) is 11.1 Å². The molecule has 0 aliphatic heterocycles. The van der Waals surface area contributed by atoms with Crippen LogP contribution in [-0.4, -0.2) is 5.11 Å². The molecule has 20 heavy (non-hydrogen) atoms. The summed E-state index contributed by atoms with van der Waals surface area (Å²) < 4.78 is 37.5. The predicted octanol–water partition coefficient (Wildman–Crippen LogP) is 4.68. The van der Waals surface area contributed by atoms with E-state index in [-0.39, 0.29) is 17.3 Å². The number of rotatable bonds is 3. The highest BCUT2D eigenvalue weighted by atomic mass is 35.5. The van der Waals surface area contributed by atoms with Crippen LogP contribution in [0.2, 0.25) is 5.02 Å². The van der Waals surface area contributed by atoms with E-state index < -0.39 is 11.7 Å². The minimum atomic E-state index is -4.42. The zero-order chi connectivity index (χ0) is 14.8. The molecule has 0 saturated heterocycles. The number of benzene rings is 2. The number of aromatic hydroxyl groups is 1. The lowest BCUT2D eigenvalue weighted by molar-refractivity contribution is -0.137. The second-order valence-electron chi connectivity index (χ2n) is 4.17. The van der Waals surface area contributed by atoms with Gasteiger partial charge in [0, 0.05) is 12.1 Å². The zero-order valence-corrected chi connectivity index (χ0v) is 11.0. The predicted molar refractivity (Wildman–Crippen MR) is 71.9 cm³/mol. The first kappa shape index (κ1) is 14.5. The fourth-order valence-corrected chi connectivity index (χ4v) is 1.93. The molecule has 0 radical (unpaired) electrons. The summed E-state index contributed by atoms with van der Waals surface area (Å²) in [5.41, 5.74) is 0.210. The van der Waals surface area contributed by atoms with Crippen molar-refractivity contribution in [2.75, 3.05) is 5.32 Å². The van der Waals surface area contributed by atoms with Crippen molar-refractivity contribution in [3.63, 3.8) is 0 Å². The lowest BCUT2D eigenvalue weighted by atomic mass is 10.1. The molecule has 2 N–H and O–H groups in total. The molecule has 0 aliphatic rings. The standard InChI is InChI=1S/C14H11ClF3NO/c15-11-7-10(14(16,17)18)5-6-12(11)19-8-9-3-1-2-4-13(9)20/h1-7,19-20H,8H2. The van der Waals surface area contributed by atoms with Gasteiger partial charge in [-0.15, -0.1) is 0 Å². The summed E-state index contributed by atoms with van der Waals surface area (Å²) in [6.07, 6.45) is -4.42.